The summed E-state index contributed by atoms with van der Waals surface area (Å²) in [5.41, 5.74) is 2.12. The molecule has 30 heavy (non-hydrogen) atoms. The number of rotatable bonds is 8. The summed E-state index contributed by atoms with van der Waals surface area (Å²) in [6, 6.07) is 8.06. The maximum atomic E-state index is 12.0. The van der Waals surface area contributed by atoms with Gasteiger partial charge >= 0.3 is 0 Å². The number of hydrogen-bond acceptors (Lipinski definition) is 4. The van der Waals surface area contributed by atoms with E-state index >= 15 is 0 Å². The van der Waals surface area contributed by atoms with Crippen molar-refractivity contribution in [1.29, 1.82) is 0 Å². The Balaban J connectivity index is 0.00000320. The van der Waals surface area contributed by atoms with Gasteiger partial charge < -0.3 is 25.6 Å². The molecule has 1 unspecified atom stereocenters. The van der Waals surface area contributed by atoms with Crippen LogP contribution in [0.15, 0.2) is 29.3 Å². The van der Waals surface area contributed by atoms with Gasteiger partial charge in [-0.3, -0.25) is 9.79 Å². The quantitative estimate of drug-likeness (QED) is 0.274. The van der Waals surface area contributed by atoms with Gasteiger partial charge in [0.2, 0.25) is 5.91 Å². The van der Waals surface area contributed by atoms with Crippen molar-refractivity contribution in [1.82, 2.24) is 15.5 Å². The number of piperidine rings is 1. The number of nitrogens with zero attached hydrogens (tertiary/aromatic N) is 2. The van der Waals surface area contributed by atoms with Crippen LogP contribution in [0.3, 0.4) is 0 Å². The number of carbonyl (C=O) groups excluding carboxylic acids is 1. The van der Waals surface area contributed by atoms with Crippen LogP contribution in [0.1, 0.15) is 37.7 Å². The first-order valence-electron chi connectivity index (χ1n) is 10.8. The van der Waals surface area contributed by atoms with E-state index in [0.717, 1.165) is 51.0 Å². The maximum Gasteiger partial charge on any atom is 0.225 e. The Labute approximate surface area is 197 Å². The van der Waals surface area contributed by atoms with Crippen molar-refractivity contribution in [3.63, 3.8) is 0 Å². The van der Waals surface area contributed by atoms with Gasteiger partial charge in [-0.25, -0.2) is 0 Å². The van der Waals surface area contributed by atoms with Crippen LogP contribution in [0.25, 0.3) is 0 Å². The first kappa shape index (κ1) is 24.9. The third-order valence-electron chi connectivity index (χ3n) is 5.79. The molecule has 3 N–H and O–H groups in total. The number of likely N-dealkylation sites (tertiary alicyclic amines) is 1. The molecule has 0 aromatic heterocycles. The lowest BCUT2D eigenvalue weighted by Gasteiger charge is -2.31. The summed E-state index contributed by atoms with van der Waals surface area (Å²) in [6.45, 7) is 8.52. The summed E-state index contributed by atoms with van der Waals surface area (Å²) in [5, 5.41) is 9.77. The molecule has 2 aliphatic rings. The highest BCUT2D eigenvalue weighted by Gasteiger charge is 2.25. The fraction of sp³-hybridized carbons (Fsp3) is 0.636. The zero-order valence-corrected chi connectivity index (χ0v) is 20.5. The van der Waals surface area contributed by atoms with Gasteiger partial charge in [-0.1, -0.05) is 18.2 Å². The van der Waals surface area contributed by atoms with E-state index in [4.69, 9.17) is 9.73 Å². The van der Waals surface area contributed by atoms with Crippen molar-refractivity contribution in [2.24, 2.45) is 10.9 Å². The molecular weight excluding hydrogens is 493 g/mol. The Morgan fingerprint density at radius 3 is 2.77 bits per heavy atom. The van der Waals surface area contributed by atoms with Crippen LogP contribution in [0, 0.1) is 5.92 Å². The number of amides is 1. The Hall–Kier alpha value is -1.39. The predicted molar refractivity (Wildman–Crippen MR) is 133 cm³/mol. The molecule has 2 heterocycles. The van der Waals surface area contributed by atoms with Crippen LogP contribution >= 0.6 is 24.0 Å². The number of guanidine groups is 1. The Bertz CT molecular complexity index is 692. The van der Waals surface area contributed by atoms with Gasteiger partial charge in [-0.15, -0.1) is 24.0 Å². The minimum atomic E-state index is 0. The van der Waals surface area contributed by atoms with Crippen LogP contribution in [0.4, 0.5) is 5.69 Å². The van der Waals surface area contributed by atoms with Crippen LogP contribution in [-0.2, 0) is 9.53 Å². The molecule has 1 fully saturated rings. The molecule has 1 atom stereocenters. The van der Waals surface area contributed by atoms with Gasteiger partial charge in [-0.2, -0.15) is 0 Å². The lowest BCUT2D eigenvalue weighted by molar-refractivity contribution is -0.116. The van der Waals surface area contributed by atoms with Gasteiger partial charge in [0.15, 0.2) is 5.96 Å². The Morgan fingerprint density at radius 2 is 2.03 bits per heavy atom. The number of aliphatic imine (C=N–C) groups is 1. The standard InChI is InChI=1S/C22H35N5O2.HI/c1-3-23-22(24-15-17-8-10-27(11-9-17)12-13-29-2)25-16-18-14-21(28)26-20-7-5-4-6-19(18)20;/h4-7,17-18H,3,8-16H2,1-2H3,(H,26,28)(H2,23,24,25);1H. The molecule has 0 bridgehead atoms. The summed E-state index contributed by atoms with van der Waals surface area (Å²) < 4.78 is 5.18. The second kappa shape index (κ2) is 13.1. The third-order valence-corrected chi connectivity index (χ3v) is 5.79. The first-order valence-corrected chi connectivity index (χ1v) is 10.8. The number of nitrogens with one attached hydrogen (secondary N) is 3. The zero-order chi connectivity index (χ0) is 20.5. The molecule has 0 saturated carbocycles. The minimum Gasteiger partial charge on any atom is -0.383 e. The van der Waals surface area contributed by atoms with E-state index in [1.54, 1.807) is 7.11 Å². The lowest BCUT2D eigenvalue weighted by Crippen LogP contribution is -2.41. The molecule has 168 valence electrons. The Kier molecular flexibility index (Phi) is 10.9. The summed E-state index contributed by atoms with van der Waals surface area (Å²) in [6.07, 6.45) is 2.87. The number of fused-ring (bicyclic) bond motifs is 1. The van der Waals surface area contributed by atoms with Gasteiger partial charge in [0.25, 0.3) is 0 Å². The fourth-order valence-electron chi connectivity index (χ4n) is 4.08. The summed E-state index contributed by atoms with van der Waals surface area (Å²) in [5.74, 6) is 1.72. The number of para-hydroxylation sites is 1. The second-order valence-corrected chi connectivity index (χ2v) is 7.91. The van der Waals surface area contributed by atoms with Gasteiger partial charge in [0, 0.05) is 51.3 Å². The van der Waals surface area contributed by atoms with E-state index in [1.807, 2.05) is 18.2 Å². The highest BCUT2D eigenvalue weighted by atomic mass is 127. The monoisotopic (exact) mass is 529 g/mol. The number of ether oxygens (including phenoxy) is 1. The SMILES string of the molecule is CCNC(=NCC1CCN(CCOC)CC1)NCC1CC(=O)Nc2ccccc21.I. The minimum absolute atomic E-state index is 0. The maximum absolute atomic E-state index is 12.0. The van der Waals surface area contributed by atoms with Crippen LogP contribution in [0.5, 0.6) is 0 Å². The molecule has 3 rings (SSSR count). The van der Waals surface area contributed by atoms with E-state index in [2.05, 4.69) is 33.8 Å². The molecule has 1 aromatic rings. The van der Waals surface area contributed by atoms with Crippen molar-refractivity contribution >= 4 is 41.5 Å². The normalized spacial score (nSPS) is 20.1. The number of benzene rings is 1. The van der Waals surface area contributed by atoms with E-state index in [9.17, 15) is 4.79 Å². The average Bonchev–Trinajstić information content (AvgIpc) is 2.74. The summed E-state index contributed by atoms with van der Waals surface area (Å²) >= 11 is 0. The van der Waals surface area contributed by atoms with Gasteiger partial charge in [0.05, 0.1) is 6.61 Å². The van der Waals surface area contributed by atoms with Crippen LogP contribution in [0.2, 0.25) is 0 Å². The molecular formula is C22H36IN5O2. The van der Waals surface area contributed by atoms with Crippen LogP contribution in [-0.4, -0.2) is 69.8 Å². The molecule has 0 spiro atoms. The molecule has 1 amide bonds. The van der Waals surface area contributed by atoms with E-state index in [1.165, 1.54) is 18.4 Å². The number of anilines is 1. The second-order valence-electron chi connectivity index (χ2n) is 7.91. The number of halogens is 1. The number of hydrogen-bond donors (Lipinski definition) is 3. The molecule has 0 radical (unpaired) electrons. The fourth-order valence-corrected chi connectivity index (χ4v) is 4.08. The predicted octanol–water partition coefficient (Wildman–Crippen LogP) is 2.64. The van der Waals surface area contributed by atoms with Crippen molar-refractivity contribution in [2.75, 3.05) is 58.3 Å². The van der Waals surface area contributed by atoms with Gasteiger partial charge in [-0.05, 0) is 50.4 Å². The van der Waals surface area contributed by atoms with Crippen LogP contribution < -0.4 is 16.0 Å². The van der Waals surface area contributed by atoms with Crippen molar-refractivity contribution in [3.8, 4) is 0 Å². The molecule has 1 aromatic carbocycles. The van der Waals surface area contributed by atoms with E-state index in [-0.39, 0.29) is 35.8 Å². The average molecular weight is 529 g/mol. The summed E-state index contributed by atoms with van der Waals surface area (Å²) in [7, 11) is 1.76. The van der Waals surface area contributed by atoms with Gasteiger partial charge in [0.1, 0.15) is 0 Å². The molecule has 1 saturated heterocycles. The molecule has 2 aliphatic heterocycles. The lowest BCUT2D eigenvalue weighted by atomic mass is 9.90. The molecule has 8 heteroatoms. The topological polar surface area (TPSA) is 78.0 Å². The molecule has 7 nitrogen and oxygen atoms in total. The van der Waals surface area contributed by atoms with Crippen molar-refractivity contribution in [3.05, 3.63) is 29.8 Å². The third kappa shape index (κ3) is 7.39. The number of methoxy groups -OCH3 is 1. The smallest absolute Gasteiger partial charge is 0.225 e. The summed E-state index contributed by atoms with van der Waals surface area (Å²) in [4.78, 5) is 19.3. The Morgan fingerprint density at radius 1 is 1.27 bits per heavy atom. The largest absolute Gasteiger partial charge is 0.383 e. The van der Waals surface area contributed by atoms with E-state index in [0.29, 0.717) is 18.9 Å². The molecule has 0 aliphatic carbocycles. The number of carbonyl (C=O) groups is 1. The first-order chi connectivity index (χ1) is 14.2. The van der Waals surface area contributed by atoms with Crippen molar-refractivity contribution < 1.29 is 9.53 Å². The highest BCUT2D eigenvalue weighted by molar-refractivity contribution is 14.0. The zero-order valence-electron chi connectivity index (χ0n) is 18.2. The highest BCUT2D eigenvalue weighted by Crippen LogP contribution is 2.31. The van der Waals surface area contributed by atoms with E-state index < -0.39 is 0 Å². The van der Waals surface area contributed by atoms with Crippen molar-refractivity contribution in [2.45, 2.75) is 32.1 Å².